The van der Waals surface area contributed by atoms with Crippen LogP contribution in [0, 0.1) is 5.82 Å². The number of hydrogen-bond donors (Lipinski definition) is 1. The van der Waals surface area contributed by atoms with Crippen LogP contribution in [0.2, 0.25) is 10.3 Å². The second-order valence-corrected chi connectivity index (χ2v) is 6.25. The van der Waals surface area contributed by atoms with E-state index in [0.717, 1.165) is 12.8 Å². The third-order valence-electron chi connectivity index (χ3n) is 3.86. The molecule has 1 unspecified atom stereocenters. The first-order valence-corrected chi connectivity index (χ1v) is 8.35. The Morgan fingerprint density at radius 2 is 2.24 bits per heavy atom. The zero-order chi connectivity index (χ0) is 18.0. The van der Waals surface area contributed by atoms with Crippen molar-refractivity contribution in [3.8, 4) is 0 Å². The number of halogens is 3. The molecule has 1 N–H and O–H groups in total. The number of hydrogen-bond acceptors (Lipinski definition) is 5. The number of ether oxygens (including phenoxy) is 1. The minimum atomic E-state index is -0.634. The molecule has 132 valence electrons. The van der Waals surface area contributed by atoms with Gasteiger partial charge < -0.3 is 15.0 Å². The minimum absolute atomic E-state index is 0.000297. The molecule has 25 heavy (non-hydrogen) atoms. The highest BCUT2D eigenvalue weighted by atomic mass is 35.5. The van der Waals surface area contributed by atoms with E-state index in [0.29, 0.717) is 12.4 Å². The van der Waals surface area contributed by atoms with E-state index < -0.39 is 11.7 Å². The molecule has 1 amide bonds. The molecule has 3 rings (SSSR count). The van der Waals surface area contributed by atoms with Gasteiger partial charge in [-0.15, -0.1) is 0 Å². The maximum atomic E-state index is 13.9. The first-order valence-electron chi connectivity index (χ1n) is 7.59. The molecule has 1 fully saturated rings. The highest BCUT2D eigenvalue weighted by Gasteiger charge is 2.26. The fourth-order valence-electron chi connectivity index (χ4n) is 2.58. The van der Waals surface area contributed by atoms with Gasteiger partial charge in [0.15, 0.2) is 0 Å². The summed E-state index contributed by atoms with van der Waals surface area (Å²) in [5.74, 6) is -0.926. The van der Waals surface area contributed by atoms with Crippen LogP contribution in [0.1, 0.15) is 23.2 Å². The molecule has 6 nitrogen and oxygen atoms in total. The number of benzene rings is 1. The maximum absolute atomic E-state index is 13.9. The number of carbonyl (C=O) groups excluding carboxylic acids is 1. The zero-order valence-corrected chi connectivity index (χ0v) is 14.8. The van der Waals surface area contributed by atoms with Crippen molar-refractivity contribution in [2.24, 2.45) is 0 Å². The van der Waals surface area contributed by atoms with Crippen LogP contribution in [0.15, 0.2) is 24.4 Å². The summed E-state index contributed by atoms with van der Waals surface area (Å²) in [6.07, 6.45) is 2.80. The predicted octanol–water partition coefficient (Wildman–Crippen LogP) is 3.75. The molecule has 0 bridgehead atoms. The predicted molar refractivity (Wildman–Crippen MR) is 93.8 cm³/mol. The van der Waals surface area contributed by atoms with E-state index in [1.165, 1.54) is 24.4 Å². The zero-order valence-electron chi connectivity index (χ0n) is 13.3. The first-order chi connectivity index (χ1) is 12.0. The summed E-state index contributed by atoms with van der Waals surface area (Å²) in [5.41, 5.74) is 0.0385. The van der Waals surface area contributed by atoms with Crippen LogP contribution in [0.25, 0.3) is 0 Å². The Hall–Kier alpha value is -1.96. The minimum Gasteiger partial charge on any atom is -0.358 e. The lowest BCUT2D eigenvalue weighted by Crippen LogP contribution is -2.33. The summed E-state index contributed by atoms with van der Waals surface area (Å²) in [6, 6.07) is 4.15. The van der Waals surface area contributed by atoms with Gasteiger partial charge in [0, 0.05) is 19.9 Å². The molecule has 1 aliphatic rings. The van der Waals surface area contributed by atoms with Crippen LogP contribution in [0.4, 0.5) is 15.9 Å². The number of carbonyl (C=O) groups is 1. The smallest absolute Gasteiger partial charge is 0.261 e. The third kappa shape index (κ3) is 3.84. The van der Waals surface area contributed by atoms with Gasteiger partial charge in [-0.25, -0.2) is 9.37 Å². The van der Waals surface area contributed by atoms with Crippen molar-refractivity contribution >= 4 is 40.6 Å². The Morgan fingerprint density at radius 1 is 1.44 bits per heavy atom. The molecular formula is C16H15Cl2FN4O2. The van der Waals surface area contributed by atoms with Crippen molar-refractivity contribution in [3.63, 3.8) is 0 Å². The molecule has 0 aliphatic carbocycles. The normalized spacial score (nSPS) is 16.7. The Labute approximate surface area is 153 Å². The molecule has 1 saturated heterocycles. The van der Waals surface area contributed by atoms with Crippen molar-refractivity contribution in [1.29, 1.82) is 0 Å². The van der Waals surface area contributed by atoms with Crippen LogP contribution < -0.4 is 10.2 Å². The monoisotopic (exact) mass is 384 g/mol. The number of para-hydroxylation sites is 1. The molecule has 9 heteroatoms. The fraction of sp³-hybridized carbons (Fsp3) is 0.312. The Morgan fingerprint density at radius 3 is 2.92 bits per heavy atom. The Kier molecular flexibility index (Phi) is 5.36. The number of amides is 1. The largest absolute Gasteiger partial charge is 0.358 e. The van der Waals surface area contributed by atoms with Gasteiger partial charge in [0.2, 0.25) is 5.28 Å². The average Bonchev–Trinajstić information content (AvgIpc) is 3.12. The van der Waals surface area contributed by atoms with Crippen molar-refractivity contribution in [2.75, 3.05) is 23.9 Å². The molecular weight excluding hydrogens is 370 g/mol. The summed E-state index contributed by atoms with van der Waals surface area (Å²) in [6.45, 7) is 0.639. The molecule has 2 heterocycles. The first kappa shape index (κ1) is 17.8. The molecule has 1 aromatic carbocycles. The second-order valence-electron chi connectivity index (χ2n) is 5.51. The molecule has 1 aromatic heterocycles. The van der Waals surface area contributed by atoms with Crippen molar-refractivity contribution in [1.82, 2.24) is 9.97 Å². The van der Waals surface area contributed by atoms with Crippen LogP contribution in [0.5, 0.6) is 0 Å². The van der Waals surface area contributed by atoms with Gasteiger partial charge >= 0.3 is 0 Å². The van der Waals surface area contributed by atoms with Crippen LogP contribution in [-0.2, 0) is 4.74 Å². The summed E-state index contributed by atoms with van der Waals surface area (Å²) in [5, 5.41) is 2.56. The lowest BCUT2D eigenvalue weighted by atomic mass is 10.2. The van der Waals surface area contributed by atoms with Gasteiger partial charge in [0.25, 0.3) is 5.91 Å². The van der Waals surface area contributed by atoms with Crippen molar-refractivity contribution in [2.45, 2.75) is 19.1 Å². The third-order valence-corrected chi connectivity index (χ3v) is 4.35. The van der Waals surface area contributed by atoms with E-state index in [2.05, 4.69) is 15.3 Å². The molecule has 0 radical (unpaired) electrons. The summed E-state index contributed by atoms with van der Waals surface area (Å²) >= 11 is 11.8. The van der Waals surface area contributed by atoms with E-state index >= 15 is 0 Å². The number of nitrogens with one attached hydrogen (secondary N) is 1. The van der Waals surface area contributed by atoms with Gasteiger partial charge in [-0.05, 0) is 36.6 Å². The van der Waals surface area contributed by atoms with E-state index in [4.69, 9.17) is 27.9 Å². The summed E-state index contributed by atoms with van der Waals surface area (Å²) < 4.78 is 19.5. The molecule has 1 atom stereocenters. The number of aromatic nitrogens is 2. The van der Waals surface area contributed by atoms with Gasteiger partial charge in [0.05, 0.1) is 10.7 Å². The standard InChI is InChI=1S/C16H15Cl2FN4O2/c1-23(12-6-3-7-25-12)14-9(8-20-16(18)22-14)15(24)21-13-10(17)4-2-5-11(13)19/h2,4-5,8,12H,3,6-7H2,1H3,(H,21,24). The number of anilines is 2. The second kappa shape index (κ2) is 7.51. The van der Waals surface area contributed by atoms with E-state index in [1.807, 2.05) is 0 Å². The lowest BCUT2D eigenvalue weighted by molar-refractivity contribution is 0.102. The highest BCUT2D eigenvalue weighted by molar-refractivity contribution is 6.34. The maximum Gasteiger partial charge on any atom is 0.261 e. The molecule has 1 aliphatic heterocycles. The van der Waals surface area contributed by atoms with E-state index in [9.17, 15) is 9.18 Å². The highest BCUT2D eigenvalue weighted by Crippen LogP contribution is 2.28. The van der Waals surface area contributed by atoms with Gasteiger partial charge in [-0.2, -0.15) is 4.98 Å². The summed E-state index contributed by atoms with van der Waals surface area (Å²) in [7, 11) is 1.75. The van der Waals surface area contributed by atoms with Crippen molar-refractivity contribution < 1.29 is 13.9 Å². The molecule has 0 spiro atoms. The fourth-order valence-corrected chi connectivity index (χ4v) is 2.92. The molecule has 0 saturated carbocycles. The SMILES string of the molecule is CN(c1nc(Cl)ncc1C(=O)Nc1c(F)cccc1Cl)C1CCCO1. The number of rotatable bonds is 4. The van der Waals surface area contributed by atoms with Crippen molar-refractivity contribution in [3.05, 3.63) is 46.1 Å². The van der Waals surface area contributed by atoms with E-state index in [-0.39, 0.29) is 27.8 Å². The Balaban J connectivity index is 1.92. The van der Waals surface area contributed by atoms with E-state index in [1.54, 1.807) is 11.9 Å². The van der Waals surface area contributed by atoms with Gasteiger partial charge in [-0.3, -0.25) is 4.79 Å². The van der Waals surface area contributed by atoms with Crippen LogP contribution >= 0.6 is 23.2 Å². The quantitative estimate of drug-likeness (QED) is 0.813. The lowest BCUT2D eigenvalue weighted by Gasteiger charge is -2.26. The topological polar surface area (TPSA) is 67.4 Å². The van der Waals surface area contributed by atoms with Gasteiger partial charge in [0.1, 0.15) is 23.4 Å². The number of nitrogens with zero attached hydrogens (tertiary/aromatic N) is 3. The average molecular weight is 385 g/mol. The summed E-state index contributed by atoms with van der Waals surface area (Å²) in [4.78, 5) is 22.4. The molecule has 2 aromatic rings. The Bertz CT molecular complexity index is 779. The van der Waals surface area contributed by atoms with Gasteiger partial charge in [-0.1, -0.05) is 17.7 Å². The van der Waals surface area contributed by atoms with Crippen LogP contribution in [0.3, 0.4) is 0 Å². The van der Waals surface area contributed by atoms with Crippen LogP contribution in [-0.4, -0.2) is 35.8 Å².